The lowest BCUT2D eigenvalue weighted by Gasteiger charge is -2.27. The third kappa shape index (κ3) is 6.25. The van der Waals surface area contributed by atoms with Gasteiger partial charge in [0.25, 0.3) is 5.91 Å². The van der Waals surface area contributed by atoms with Gasteiger partial charge >= 0.3 is 0 Å². The summed E-state index contributed by atoms with van der Waals surface area (Å²) in [6.07, 6.45) is 4.88. The van der Waals surface area contributed by atoms with E-state index in [1.165, 1.54) is 26.2 Å². The summed E-state index contributed by atoms with van der Waals surface area (Å²) in [6.45, 7) is 3.88. The van der Waals surface area contributed by atoms with Gasteiger partial charge in [-0.25, -0.2) is 13.9 Å². The second-order valence-electron chi connectivity index (χ2n) is 6.43. The molecule has 0 aliphatic heterocycles. The maximum atomic E-state index is 13.3. The first-order valence-electron chi connectivity index (χ1n) is 9.36. The number of ether oxygens (including phenoxy) is 1. The molecule has 1 heterocycles. The number of unbranched alkanes of at least 4 members (excludes halogenated alkanes) is 1. The van der Waals surface area contributed by atoms with E-state index < -0.39 is 22.0 Å². The molecule has 0 radical (unpaired) electrons. The number of pyridine rings is 1. The van der Waals surface area contributed by atoms with Crippen LogP contribution in [0.2, 0.25) is 0 Å². The van der Waals surface area contributed by atoms with E-state index in [-0.39, 0.29) is 11.4 Å². The summed E-state index contributed by atoms with van der Waals surface area (Å²) in [4.78, 5) is 21.8. The first-order valence-corrected chi connectivity index (χ1v) is 10.8. The summed E-state index contributed by atoms with van der Waals surface area (Å²) in [5.41, 5.74) is 3.01. The van der Waals surface area contributed by atoms with Crippen LogP contribution >= 0.6 is 0 Å². The molecule has 29 heavy (non-hydrogen) atoms. The van der Waals surface area contributed by atoms with Gasteiger partial charge in [-0.15, -0.1) is 0 Å². The molecule has 0 saturated heterocycles. The van der Waals surface area contributed by atoms with Gasteiger partial charge in [-0.1, -0.05) is 19.4 Å². The van der Waals surface area contributed by atoms with Crippen molar-refractivity contribution in [2.24, 2.45) is 0 Å². The monoisotopic (exact) mass is 421 g/mol. The van der Waals surface area contributed by atoms with Crippen LogP contribution in [0.3, 0.4) is 0 Å². The molecule has 0 aliphatic carbocycles. The van der Waals surface area contributed by atoms with Crippen molar-refractivity contribution in [3.05, 3.63) is 54.4 Å². The number of sulfonamides is 1. The fourth-order valence-corrected chi connectivity index (χ4v) is 4.12. The highest BCUT2D eigenvalue weighted by atomic mass is 32.2. The van der Waals surface area contributed by atoms with Crippen LogP contribution in [0.4, 0.5) is 0 Å². The fourth-order valence-electron chi connectivity index (χ4n) is 2.54. The number of hydroxylamine groups is 1. The Labute approximate surface area is 171 Å². The first-order chi connectivity index (χ1) is 13.9. The Morgan fingerprint density at radius 2 is 1.97 bits per heavy atom. The van der Waals surface area contributed by atoms with E-state index in [4.69, 9.17) is 9.57 Å². The Kier molecular flexibility index (Phi) is 8.56. The van der Waals surface area contributed by atoms with Crippen molar-refractivity contribution in [2.45, 2.75) is 44.2 Å². The number of hydrogen-bond donors (Lipinski definition) is 1. The molecule has 1 amide bonds. The summed E-state index contributed by atoms with van der Waals surface area (Å²) in [5, 5.41) is 0. The van der Waals surface area contributed by atoms with E-state index in [1.54, 1.807) is 36.7 Å². The molecule has 0 saturated carbocycles. The number of nitrogens with one attached hydrogen (secondary N) is 1. The molecule has 0 fully saturated rings. The van der Waals surface area contributed by atoms with Crippen LogP contribution in [0.1, 0.15) is 32.3 Å². The maximum absolute atomic E-state index is 13.3. The van der Waals surface area contributed by atoms with Crippen LogP contribution in [0, 0.1) is 0 Å². The Hall–Kier alpha value is -2.49. The fraction of sp³-hybridized carbons (Fsp3) is 0.400. The molecule has 9 heteroatoms. The molecule has 1 aromatic carbocycles. The minimum absolute atomic E-state index is 0.00819. The second-order valence-corrected chi connectivity index (χ2v) is 8.32. The van der Waals surface area contributed by atoms with Crippen molar-refractivity contribution in [3.8, 4) is 5.75 Å². The van der Waals surface area contributed by atoms with Crippen molar-refractivity contribution < 1.29 is 22.8 Å². The van der Waals surface area contributed by atoms with Gasteiger partial charge in [0.05, 0.1) is 18.6 Å². The van der Waals surface area contributed by atoms with Gasteiger partial charge in [-0.2, -0.15) is 4.31 Å². The molecule has 0 bridgehead atoms. The molecule has 2 aromatic rings. The number of aromatic nitrogens is 1. The zero-order valence-corrected chi connectivity index (χ0v) is 17.7. The lowest BCUT2D eigenvalue weighted by atomic mass is 10.2. The molecule has 8 nitrogen and oxygen atoms in total. The van der Waals surface area contributed by atoms with Gasteiger partial charge in [0.15, 0.2) is 0 Å². The van der Waals surface area contributed by atoms with E-state index in [1.807, 2.05) is 6.92 Å². The number of benzene rings is 1. The zero-order valence-electron chi connectivity index (χ0n) is 16.9. The highest BCUT2D eigenvalue weighted by molar-refractivity contribution is 7.89. The highest BCUT2D eigenvalue weighted by Crippen LogP contribution is 2.23. The van der Waals surface area contributed by atoms with Crippen LogP contribution < -0.4 is 10.2 Å². The van der Waals surface area contributed by atoms with Crippen molar-refractivity contribution in [1.29, 1.82) is 0 Å². The summed E-state index contributed by atoms with van der Waals surface area (Å²) < 4.78 is 32.8. The second kappa shape index (κ2) is 10.9. The SMILES string of the molecule is CCCCONC(=O)[C@@H](C)N(Cc1cccnc1)S(=O)(=O)c1ccc(OC)cc1. The van der Waals surface area contributed by atoms with E-state index in [2.05, 4.69) is 10.5 Å². The van der Waals surface area contributed by atoms with Gasteiger partial charge in [0.1, 0.15) is 11.8 Å². The first kappa shape index (κ1) is 22.8. The standard InChI is InChI=1S/C20H27N3O5S/c1-4-5-13-28-22-20(24)16(2)23(15-17-7-6-12-21-14-17)29(25,26)19-10-8-18(27-3)9-11-19/h6-12,14,16H,4-5,13,15H2,1-3H3,(H,22,24)/t16-/m1/s1. The van der Waals surface area contributed by atoms with Crippen LogP contribution in [-0.2, 0) is 26.2 Å². The molecular formula is C20H27N3O5S. The Bertz CT molecular complexity index is 873. The normalized spacial score (nSPS) is 12.6. The third-order valence-corrected chi connectivity index (χ3v) is 6.24. The molecule has 158 valence electrons. The van der Waals surface area contributed by atoms with Crippen LogP contribution in [0.15, 0.2) is 53.7 Å². The minimum atomic E-state index is -3.97. The average Bonchev–Trinajstić information content (AvgIpc) is 2.75. The number of hydrogen-bond acceptors (Lipinski definition) is 6. The van der Waals surface area contributed by atoms with Crippen molar-refractivity contribution >= 4 is 15.9 Å². The zero-order chi connectivity index (χ0) is 21.3. The smallest absolute Gasteiger partial charge is 0.261 e. The largest absolute Gasteiger partial charge is 0.497 e. The molecule has 1 N–H and O–H groups in total. The summed E-state index contributed by atoms with van der Waals surface area (Å²) in [6, 6.07) is 8.50. The van der Waals surface area contributed by atoms with Crippen LogP contribution in [0.5, 0.6) is 5.75 Å². The Morgan fingerprint density at radius 1 is 1.24 bits per heavy atom. The van der Waals surface area contributed by atoms with Crippen LogP contribution in [0.25, 0.3) is 0 Å². The van der Waals surface area contributed by atoms with Crippen molar-refractivity contribution in [2.75, 3.05) is 13.7 Å². The minimum Gasteiger partial charge on any atom is -0.497 e. The molecule has 0 unspecified atom stereocenters. The van der Waals surface area contributed by atoms with E-state index in [0.717, 1.165) is 17.1 Å². The molecule has 2 rings (SSSR count). The molecular weight excluding hydrogens is 394 g/mol. The number of carbonyl (C=O) groups is 1. The molecule has 0 spiro atoms. The average molecular weight is 422 g/mol. The van der Waals surface area contributed by atoms with Gasteiger partial charge in [0.2, 0.25) is 10.0 Å². The number of rotatable bonds is 11. The lowest BCUT2D eigenvalue weighted by Crippen LogP contribution is -2.47. The highest BCUT2D eigenvalue weighted by Gasteiger charge is 2.33. The predicted molar refractivity (Wildman–Crippen MR) is 108 cm³/mol. The summed E-state index contributed by atoms with van der Waals surface area (Å²) in [5.74, 6) is -0.0000416. The van der Waals surface area contributed by atoms with E-state index >= 15 is 0 Å². The van der Waals surface area contributed by atoms with Gasteiger partial charge in [0, 0.05) is 18.9 Å². The Balaban J connectivity index is 2.29. The maximum Gasteiger partial charge on any atom is 0.261 e. The van der Waals surface area contributed by atoms with Crippen molar-refractivity contribution in [1.82, 2.24) is 14.8 Å². The van der Waals surface area contributed by atoms with Crippen molar-refractivity contribution in [3.63, 3.8) is 0 Å². The quantitative estimate of drug-likeness (QED) is 0.442. The van der Waals surface area contributed by atoms with Gasteiger partial charge in [-0.05, 0) is 49.2 Å². The predicted octanol–water partition coefficient (Wildman–Crippen LogP) is 2.52. The lowest BCUT2D eigenvalue weighted by molar-refractivity contribution is -0.137. The number of carbonyl (C=O) groups excluding carboxylic acids is 1. The van der Waals surface area contributed by atoms with Gasteiger partial charge in [-0.3, -0.25) is 14.6 Å². The molecule has 1 aromatic heterocycles. The van der Waals surface area contributed by atoms with Crippen LogP contribution in [-0.4, -0.2) is 43.4 Å². The number of methoxy groups -OCH3 is 1. The topological polar surface area (TPSA) is 97.8 Å². The molecule has 0 aliphatic rings. The number of amides is 1. The third-order valence-electron chi connectivity index (χ3n) is 4.31. The van der Waals surface area contributed by atoms with E-state index in [9.17, 15) is 13.2 Å². The molecule has 1 atom stereocenters. The van der Waals surface area contributed by atoms with E-state index in [0.29, 0.717) is 17.9 Å². The van der Waals surface area contributed by atoms with Gasteiger partial charge < -0.3 is 4.74 Å². The summed E-state index contributed by atoms with van der Waals surface area (Å²) in [7, 11) is -2.47. The Morgan fingerprint density at radius 3 is 2.55 bits per heavy atom. The summed E-state index contributed by atoms with van der Waals surface area (Å²) >= 11 is 0. The number of nitrogens with zero attached hydrogens (tertiary/aromatic N) is 2.